The highest BCUT2D eigenvalue weighted by molar-refractivity contribution is 9.10. The van der Waals surface area contributed by atoms with Gasteiger partial charge in [0.2, 0.25) is 11.6 Å². The van der Waals surface area contributed by atoms with Crippen molar-refractivity contribution in [1.29, 1.82) is 0 Å². The number of rotatable bonds is 18. The average Bonchev–Trinajstić information content (AvgIpc) is 1.77. The minimum absolute atomic E-state index is 0.0375. The summed E-state index contributed by atoms with van der Waals surface area (Å²) >= 11 is 11.3. The molecule has 10 aromatic carbocycles. The molecule has 6 N–H and O–H groups in total. The molecule has 117 heavy (non-hydrogen) atoms. The minimum atomic E-state index is -1.28. The highest BCUT2D eigenvalue weighted by Gasteiger charge is 2.42. The van der Waals surface area contributed by atoms with Crippen molar-refractivity contribution in [2.45, 2.75) is 59.7 Å². The molecule has 0 bridgehead atoms. The number of ether oxygens (including phenoxy) is 3. The fraction of sp³-hybridized carbons (Fsp3) is 0.143. The Morgan fingerprint density at radius 3 is 1.03 bits per heavy atom. The van der Waals surface area contributed by atoms with E-state index in [0.717, 1.165) is 66.7 Å². The first-order chi connectivity index (χ1) is 55.4. The Morgan fingerprint density at radius 2 is 0.701 bits per heavy atom. The summed E-state index contributed by atoms with van der Waals surface area (Å²) in [6.07, 6.45) is 0. The van der Waals surface area contributed by atoms with Crippen molar-refractivity contribution in [3.8, 4) is 22.3 Å². The molecule has 0 aliphatic carbocycles. The van der Waals surface area contributed by atoms with E-state index >= 15 is 0 Å². The van der Waals surface area contributed by atoms with Gasteiger partial charge >= 0.3 is 23.9 Å². The Bertz CT molecular complexity index is 5570. The number of Topliss-reactive ketones (excluding diaryl/α,β-unsaturated/α-hetero) is 2. The normalized spacial score (nSPS) is 12.5. The largest absolute Gasteiger partial charge is 0.478 e. The van der Waals surface area contributed by atoms with E-state index in [9.17, 15) is 88.2 Å². The van der Waals surface area contributed by atoms with Crippen molar-refractivity contribution in [1.82, 2.24) is 0 Å². The summed E-state index contributed by atoms with van der Waals surface area (Å²) < 4.78 is 124. The predicted molar refractivity (Wildman–Crippen MR) is 424 cm³/mol. The number of hydrogen-bond acceptors (Lipinski definition) is 18. The van der Waals surface area contributed by atoms with Gasteiger partial charge in [0, 0.05) is 42.8 Å². The van der Waals surface area contributed by atoms with Crippen LogP contribution >= 0.6 is 43.5 Å². The lowest BCUT2D eigenvalue weighted by molar-refractivity contribution is -0.128. The van der Waals surface area contributed by atoms with E-state index in [1.807, 2.05) is 0 Å². The number of benzene rings is 10. The molecule has 2 aliphatic heterocycles. The number of carboxylic acids is 1. The van der Waals surface area contributed by atoms with Crippen LogP contribution < -0.4 is 21.7 Å². The van der Waals surface area contributed by atoms with Gasteiger partial charge in [0.25, 0.3) is 23.0 Å². The predicted octanol–water partition coefficient (Wildman–Crippen LogP) is 18.5. The molecular weight excluding hydrogens is 1700 g/mol. The fourth-order valence-corrected chi connectivity index (χ4v) is 11.7. The van der Waals surface area contributed by atoms with Crippen LogP contribution in [0.3, 0.4) is 0 Å². The van der Waals surface area contributed by atoms with Crippen LogP contribution in [0.4, 0.5) is 57.9 Å². The number of carbonyl (C=O) groups is 10. The van der Waals surface area contributed by atoms with Gasteiger partial charge in [-0.25, -0.2) is 54.3 Å². The van der Waals surface area contributed by atoms with E-state index in [1.54, 1.807) is 121 Å². The van der Waals surface area contributed by atoms with Crippen LogP contribution in [0.25, 0.3) is 22.3 Å². The monoisotopic (exact) mass is 1760 g/mol. The number of esters is 3. The van der Waals surface area contributed by atoms with Crippen molar-refractivity contribution >= 4 is 136 Å². The van der Waals surface area contributed by atoms with Gasteiger partial charge < -0.3 is 50.7 Å². The van der Waals surface area contributed by atoms with Gasteiger partial charge in [-0.05, 0) is 236 Å². The number of nitrogens with zero attached hydrogens (tertiary/aromatic N) is 2. The van der Waals surface area contributed by atoms with E-state index in [4.69, 9.17) is 41.2 Å². The molecule has 33 heteroatoms. The van der Waals surface area contributed by atoms with Gasteiger partial charge in [-0.2, -0.15) is 0 Å². The third-order valence-corrected chi connectivity index (χ3v) is 17.9. The van der Waals surface area contributed by atoms with Crippen molar-refractivity contribution in [2.75, 3.05) is 41.5 Å². The summed E-state index contributed by atoms with van der Waals surface area (Å²) in [7, 11) is 0. The smallest absolute Gasteiger partial charge is 0.339 e. The van der Waals surface area contributed by atoms with Gasteiger partial charge in [0.15, 0.2) is 22.6 Å². The summed E-state index contributed by atoms with van der Waals surface area (Å²) in [5, 5.41) is 23.5. The number of anilines is 4. The van der Waals surface area contributed by atoms with Crippen LogP contribution in [0, 0.1) is 46.5 Å². The lowest BCUT2D eigenvalue weighted by Crippen LogP contribution is -2.33. The molecule has 0 atom stereocenters. The van der Waals surface area contributed by atoms with E-state index in [-0.39, 0.29) is 75.9 Å². The summed E-state index contributed by atoms with van der Waals surface area (Å²) in [5.41, 5.74) is 5.06. The molecule has 3 amide bonds. The number of halogens is 11. The zero-order valence-corrected chi connectivity index (χ0v) is 66.2. The first-order valence-corrected chi connectivity index (χ1v) is 36.5. The molecule has 0 saturated heterocycles. The first-order valence-electron chi connectivity index (χ1n) is 34.5. The van der Waals surface area contributed by atoms with Gasteiger partial charge in [-0.1, -0.05) is 83.1 Å². The van der Waals surface area contributed by atoms with E-state index < -0.39 is 121 Å². The Kier molecular flexibility index (Phi) is 30.4. The number of carbonyl (C=O) groups excluding carboxylic acids is 9. The molecule has 10 aromatic rings. The van der Waals surface area contributed by atoms with Crippen LogP contribution in [0.1, 0.15) is 142 Å². The Morgan fingerprint density at radius 1 is 0.410 bits per heavy atom. The van der Waals surface area contributed by atoms with Crippen LogP contribution in [-0.2, 0) is 33.5 Å². The van der Waals surface area contributed by atoms with Crippen LogP contribution in [0.15, 0.2) is 213 Å². The average molecular weight is 1760 g/mol. The third kappa shape index (κ3) is 22.5. The maximum atomic E-state index is 14.0. The SMILES string of the molecule is CC1(C)ON=C(c2cccc(-c3ccc(NC(=O)c4c(F)cccc4F)cc3C(=O)O)c2)C1=O.CCOC(=O)c1cc(N)ccc1Br.CCOC(=O)c1cc(NC(=O)c2c(F)cccc2F)ccc1-c1cccc(C2=NOC(C)(C)C2=O)c1.CCOC(=O)c1cc(NC(=O)c2c(F)cccc2F)ccc1Br.O=C(Cl)c1c(F)cccc1F. The van der Waals surface area contributed by atoms with E-state index in [0.29, 0.717) is 60.2 Å². The third-order valence-electron chi connectivity index (χ3n) is 16.4. The molecule has 0 saturated carbocycles. The Hall–Kier alpha value is -13.1. The van der Waals surface area contributed by atoms with Crippen molar-refractivity contribution in [3.05, 3.63) is 305 Å². The van der Waals surface area contributed by atoms with E-state index in [2.05, 4.69) is 58.1 Å². The molecule has 22 nitrogen and oxygen atoms in total. The Balaban J connectivity index is 0.000000194. The van der Waals surface area contributed by atoms with Crippen molar-refractivity contribution < 1.29 is 112 Å². The van der Waals surface area contributed by atoms with Gasteiger partial charge in [-0.15, -0.1) is 0 Å². The van der Waals surface area contributed by atoms with Gasteiger partial charge in [0.1, 0.15) is 68.8 Å². The first kappa shape index (κ1) is 89.5. The van der Waals surface area contributed by atoms with Crippen molar-refractivity contribution in [3.63, 3.8) is 0 Å². The number of carboxylic acid groups (broad SMARTS) is 1. The second kappa shape index (κ2) is 39.8. The highest BCUT2D eigenvalue weighted by Crippen LogP contribution is 2.34. The zero-order chi connectivity index (χ0) is 85.9. The number of hydrogen-bond donors (Lipinski definition) is 5. The molecule has 2 aliphatic rings. The maximum Gasteiger partial charge on any atom is 0.339 e. The van der Waals surface area contributed by atoms with Crippen LogP contribution in [-0.4, -0.2) is 106 Å². The lowest BCUT2D eigenvalue weighted by atomic mass is 9.92. The summed E-state index contributed by atoms with van der Waals surface area (Å²) in [6, 6.07) is 43.6. The summed E-state index contributed by atoms with van der Waals surface area (Å²) in [5.74, 6) is -14.4. The van der Waals surface area contributed by atoms with Crippen LogP contribution in [0.2, 0.25) is 0 Å². The van der Waals surface area contributed by atoms with Gasteiger partial charge in [-0.3, -0.25) is 28.8 Å². The molecule has 0 unspecified atom stereocenters. The number of nitrogens with two attached hydrogens (primary N) is 1. The standard InChI is InChI=1S/C27H22F2N2O5.C25H18F2N2O5.C16H12BrF2NO3.C9H10BrNO2.C7H3ClF2O/c1-4-35-26(34)19-14-17(30-25(33)22-20(28)9-6-10-21(22)29)11-12-18(19)15-7-5-8-16(13-15)23-24(32)27(2,3)36-31-23;1-25(2)22(30)21(29-34-25)14-6-3-5-13(11-14)16-10-9-15(12-17(16)24(32)33)28-23(31)20-18(26)7-4-8-19(20)27;1-2-23-16(22)10-8-9(6-7-11(10)17)20-15(21)14-12(18)4-3-5-13(14)19;1-2-13-9(12)7-5-6(11)3-4-8(7)10;8-7(11)6-4(9)2-1-3-5(6)10/h5-14H,4H2,1-3H3,(H,30,33);3-12H,1-2H3,(H,28,31)(H,32,33);3-8H,2H2,1H3,(H,20,21);3-5H,2,11H2,1H3;1-3H. The summed E-state index contributed by atoms with van der Waals surface area (Å²) in [6.45, 7) is 12.2. The second-order valence-corrected chi connectivity index (χ2v) is 27.4. The molecule has 604 valence electrons. The lowest BCUT2D eigenvalue weighted by Gasteiger charge is -2.14. The Labute approximate surface area is 683 Å². The van der Waals surface area contributed by atoms with Crippen molar-refractivity contribution in [2.24, 2.45) is 10.3 Å². The maximum absolute atomic E-state index is 14.0. The minimum Gasteiger partial charge on any atom is -0.478 e. The van der Waals surface area contributed by atoms with Crippen LogP contribution in [0.5, 0.6) is 0 Å². The number of nitrogens with one attached hydrogen (secondary N) is 3. The quantitative estimate of drug-likeness (QED) is 0.0175. The number of ketones is 2. The molecule has 0 spiro atoms. The van der Waals surface area contributed by atoms with E-state index in [1.165, 1.54) is 54.6 Å². The highest BCUT2D eigenvalue weighted by atomic mass is 79.9. The van der Waals surface area contributed by atoms with Gasteiger partial charge in [0.05, 0.1) is 42.1 Å². The fourth-order valence-electron chi connectivity index (χ4n) is 10.7. The molecule has 0 aromatic heterocycles. The molecule has 0 radical (unpaired) electrons. The number of oxime groups is 2. The zero-order valence-electron chi connectivity index (χ0n) is 62.3. The number of nitrogen functional groups attached to an aromatic ring is 1. The second-order valence-electron chi connectivity index (χ2n) is 25.3. The molecule has 2 heterocycles. The topological polar surface area (TPSA) is 324 Å². The number of aromatic carboxylic acids is 1. The molecule has 0 fully saturated rings. The summed E-state index contributed by atoms with van der Waals surface area (Å²) in [4.78, 5) is 131. The number of amides is 3. The molecular formula is C84H65Br2ClF8N6O16. The molecule has 12 rings (SSSR count).